The zero-order valence-corrected chi connectivity index (χ0v) is 14.1. The molecule has 25 heavy (non-hydrogen) atoms. The molecule has 0 heterocycles. The highest BCUT2D eigenvalue weighted by Gasteiger charge is 2.20. The van der Waals surface area contributed by atoms with Crippen LogP contribution >= 0.6 is 0 Å². The van der Waals surface area contributed by atoms with Crippen LogP contribution in [0, 0.1) is 6.92 Å². The van der Waals surface area contributed by atoms with E-state index in [9.17, 15) is 9.90 Å². The Bertz CT molecular complexity index is 839. The van der Waals surface area contributed by atoms with Gasteiger partial charge < -0.3 is 9.84 Å². The van der Waals surface area contributed by atoms with Gasteiger partial charge in [-0.05, 0) is 35.7 Å². The first kappa shape index (κ1) is 16.8. The summed E-state index contributed by atoms with van der Waals surface area (Å²) in [7, 11) is 0. The minimum atomic E-state index is -0.964. The second kappa shape index (κ2) is 7.67. The lowest BCUT2D eigenvalue weighted by Gasteiger charge is -2.16. The van der Waals surface area contributed by atoms with Gasteiger partial charge in [0.2, 0.25) is 0 Å². The van der Waals surface area contributed by atoms with Gasteiger partial charge >= 0.3 is 5.97 Å². The van der Waals surface area contributed by atoms with Gasteiger partial charge in [-0.1, -0.05) is 72.3 Å². The van der Waals surface area contributed by atoms with Crippen LogP contribution in [0.15, 0.2) is 78.9 Å². The van der Waals surface area contributed by atoms with Crippen LogP contribution in [0.4, 0.5) is 0 Å². The Morgan fingerprint density at radius 1 is 0.920 bits per heavy atom. The van der Waals surface area contributed by atoms with Crippen LogP contribution in [0.1, 0.15) is 11.1 Å². The SMILES string of the molecule is Cc1cccc(C[C@H](Oc2ccc(-c3ccccc3)cc2)C(=O)O)c1. The van der Waals surface area contributed by atoms with Crippen LogP contribution in [0.25, 0.3) is 11.1 Å². The fourth-order valence-electron chi connectivity index (χ4n) is 2.75. The van der Waals surface area contributed by atoms with E-state index in [1.807, 2.05) is 85.8 Å². The molecule has 0 aliphatic carbocycles. The predicted molar refractivity (Wildman–Crippen MR) is 98.8 cm³/mol. The van der Waals surface area contributed by atoms with Crippen LogP contribution < -0.4 is 4.74 Å². The maximum absolute atomic E-state index is 11.6. The Morgan fingerprint density at radius 3 is 2.24 bits per heavy atom. The molecule has 1 N–H and O–H groups in total. The zero-order valence-electron chi connectivity index (χ0n) is 14.1. The molecule has 3 aromatic carbocycles. The fourth-order valence-corrected chi connectivity index (χ4v) is 2.75. The van der Waals surface area contributed by atoms with Crippen LogP contribution in [0.2, 0.25) is 0 Å². The largest absolute Gasteiger partial charge is 0.478 e. The van der Waals surface area contributed by atoms with Crippen LogP contribution in [0.3, 0.4) is 0 Å². The van der Waals surface area contributed by atoms with Crippen molar-refractivity contribution in [3.63, 3.8) is 0 Å². The topological polar surface area (TPSA) is 46.5 Å². The molecule has 0 fully saturated rings. The number of rotatable bonds is 6. The Kier molecular flexibility index (Phi) is 5.14. The van der Waals surface area contributed by atoms with Crippen LogP contribution in [-0.4, -0.2) is 17.2 Å². The van der Waals surface area contributed by atoms with Gasteiger partial charge in [0.15, 0.2) is 6.10 Å². The molecule has 0 amide bonds. The van der Waals surface area contributed by atoms with E-state index in [-0.39, 0.29) is 0 Å². The summed E-state index contributed by atoms with van der Waals surface area (Å²) in [5.41, 5.74) is 4.24. The second-order valence-corrected chi connectivity index (χ2v) is 6.03. The van der Waals surface area contributed by atoms with Gasteiger partial charge in [0.1, 0.15) is 5.75 Å². The van der Waals surface area contributed by atoms with Crippen LogP contribution in [0.5, 0.6) is 5.75 Å². The molecule has 0 aliphatic heterocycles. The molecular weight excluding hydrogens is 312 g/mol. The molecule has 0 saturated heterocycles. The zero-order chi connectivity index (χ0) is 17.6. The predicted octanol–water partition coefficient (Wildman–Crippen LogP) is 4.74. The van der Waals surface area contributed by atoms with Gasteiger partial charge in [-0.3, -0.25) is 0 Å². The van der Waals surface area contributed by atoms with Crippen molar-refractivity contribution in [2.45, 2.75) is 19.4 Å². The third kappa shape index (κ3) is 4.48. The molecular formula is C22H20O3. The lowest BCUT2D eigenvalue weighted by atomic mass is 10.0. The van der Waals surface area contributed by atoms with Crippen molar-refractivity contribution in [3.8, 4) is 16.9 Å². The summed E-state index contributed by atoms with van der Waals surface area (Å²) in [6.45, 7) is 1.99. The number of benzene rings is 3. The van der Waals surface area contributed by atoms with Gasteiger partial charge in [0.25, 0.3) is 0 Å². The smallest absolute Gasteiger partial charge is 0.345 e. The number of aryl methyl sites for hydroxylation is 1. The Hall–Kier alpha value is -3.07. The summed E-state index contributed by atoms with van der Waals surface area (Å²) in [4.78, 5) is 11.6. The van der Waals surface area contributed by atoms with E-state index in [2.05, 4.69) is 0 Å². The van der Waals surface area contributed by atoms with E-state index < -0.39 is 12.1 Å². The number of hydrogen-bond acceptors (Lipinski definition) is 2. The average molecular weight is 332 g/mol. The van der Waals surface area contributed by atoms with Crippen molar-refractivity contribution in [3.05, 3.63) is 90.0 Å². The third-order valence-corrected chi connectivity index (χ3v) is 4.02. The fraction of sp³-hybridized carbons (Fsp3) is 0.136. The van der Waals surface area contributed by atoms with Crippen LogP contribution in [-0.2, 0) is 11.2 Å². The van der Waals surface area contributed by atoms with Crippen molar-refractivity contribution in [2.75, 3.05) is 0 Å². The monoisotopic (exact) mass is 332 g/mol. The van der Waals surface area contributed by atoms with Crippen molar-refractivity contribution < 1.29 is 14.6 Å². The van der Waals surface area contributed by atoms with Gasteiger partial charge in [-0.2, -0.15) is 0 Å². The summed E-state index contributed by atoms with van der Waals surface area (Å²) in [5, 5.41) is 9.47. The number of carboxylic acid groups (broad SMARTS) is 1. The molecule has 0 bridgehead atoms. The summed E-state index contributed by atoms with van der Waals surface area (Å²) < 4.78 is 5.71. The molecule has 3 heteroatoms. The standard InChI is InChI=1S/C22H20O3/c1-16-6-5-7-17(14-16)15-21(22(23)24)25-20-12-10-19(11-13-20)18-8-3-2-4-9-18/h2-14,21H,15H2,1H3,(H,23,24)/t21-/m0/s1. The highest BCUT2D eigenvalue weighted by Crippen LogP contribution is 2.23. The molecule has 0 unspecified atom stereocenters. The van der Waals surface area contributed by atoms with E-state index in [4.69, 9.17) is 4.74 Å². The summed E-state index contributed by atoms with van der Waals surface area (Å²) in [5.74, 6) is -0.409. The molecule has 1 atom stereocenters. The van der Waals surface area contributed by atoms with E-state index in [1.165, 1.54) is 0 Å². The highest BCUT2D eigenvalue weighted by molar-refractivity contribution is 5.73. The molecule has 3 nitrogen and oxygen atoms in total. The normalized spacial score (nSPS) is 11.7. The first-order valence-corrected chi connectivity index (χ1v) is 8.22. The summed E-state index contributed by atoms with van der Waals surface area (Å²) in [6.07, 6.45) is -0.582. The van der Waals surface area contributed by atoms with E-state index >= 15 is 0 Å². The lowest BCUT2D eigenvalue weighted by molar-refractivity contribution is -0.145. The van der Waals surface area contributed by atoms with Crippen molar-refractivity contribution in [1.82, 2.24) is 0 Å². The van der Waals surface area contributed by atoms with E-state index in [0.717, 1.165) is 22.3 Å². The number of carboxylic acids is 1. The van der Waals surface area contributed by atoms with E-state index in [0.29, 0.717) is 12.2 Å². The Labute approximate surface area is 147 Å². The molecule has 0 radical (unpaired) electrons. The molecule has 0 aromatic heterocycles. The van der Waals surface area contributed by atoms with Gasteiger partial charge in [0, 0.05) is 6.42 Å². The van der Waals surface area contributed by atoms with Gasteiger partial charge in [-0.15, -0.1) is 0 Å². The second-order valence-electron chi connectivity index (χ2n) is 6.03. The third-order valence-electron chi connectivity index (χ3n) is 4.02. The minimum absolute atomic E-state index is 0.331. The van der Waals surface area contributed by atoms with Crippen molar-refractivity contribution in [2.24, 2.45) is 0 Å². The van der Waals surface area contributed by atoms with Gasteiger partial charge in [-0.25, -0.2) is 4.79 Å². The first-order valence-electron chi connectivity index (χ1n) is 8.22. The van der Waals surface area contributed by atoms with Gasteiger partial charge in [0.05, 0.1) is 0 Å². The van der Waals surface area contributed by atoms with Crippen molar-refractivity contribution in [1.29, 1.82) is 0 Å². The maximum atomic E-state index is 11.6. The number of hydrogen-bond donors (Lipinski definition) is 1. The average Bonchev–Trinajstić information content (AvgIpc) is 2.62. The number of carbonyl (C=O) groups is 1. The molecule has 126 valence electrons. The first-order chi connectivity index (χ1) is 12.1. The Morgan fingerprint density at radius 2 is 1.60 bits per heavy atom. The number of aliphatic carboxylic acids is 1. The molecule has 3 aromatic rings. The molecule has 0 spiro atoms. The molecule has 0 saturated carbocycles. The summed E-state index contributed by atoms with van der Waals surface area (Å²) in [6, 6.07) is 25.4. The van der Waals surface area contributed by atoms with Crippen molar-refractivity contribution >= 4 is 5.97 Å². The molecule has 3 rings (SSSR count). The Balaban J connectivity index is 1.73. The molecule has 0 aliphatic rings. The minimum Gasteiger partial charge on any atom is -0.478 e. The summed E-state index contributed by atoms with van der Waals surface area (Å²) >= 11 is 0. The quantitative estimate of drug-likeness (QED) is 0.709. The highest BCUT2D eigenvalue weighted by atomic mass is 16.5. The lowest BCUT2D eigenvalue weighted by Crippen LogP contribution is -2.29. The number of ether oxygens (including phenoxy) is 1. The van der Waals surface area contributed by atoms with E-state index in [1.54, 1.807) is 0 Å². The maximum Gasteiger partial charge on any atom is 0.345 e.